The molecule has 0 saturated carbocycles. The fourth-order valence-corrected chi connectivity index (χ4v) is 10.0. The highest BCUT2D eigenvalue weighted by atomic mass is 16.6. The molecule has 390 valence electrons. The smallest absolute Gasteiger partial charge is 0.308 e. The van der Waals surface area contributed by atoms with E-state index in [4.69, 9.17) is 28.4 Å². The largest absolute Gasteiger partial charge is 0.458 e. The number of fused-ring (bicyclic) bond motifs is 7. The van der Waals surface area contributed by atoms with Crippen LogP contribution in [0.25, 0.3) is 43.1 Å². The van der Waals surface area contributed by atoms with E-state index in [-0.39, 0.29) is 59.5 Å². The Hall–Kier alpha value is -6.82. The Balaban J connectivity index is 0.000000221. The average Bonchev–Trinajstić information content (AvgIpc) is 3.37. The van der Waals surface area contributed by atoms with Crippen LogP contribution in [0.15, 0.2) is 84.9 Å². The van der Waals surface area contributed by atoms with E-state index in [1.165, 1.54) is 21.5 Å². The lowest BCUT2D eigenvalue weighted by Gasteiger charge is -2.33. The highest BCUT2D eigenvalue weighted by molar-refractivity contribution is 6.00. The molecule has 6 atom stereocenters. The number of carbonyl (C=O) groups is 6. The van der Waals surface area contributed by atoms with Crippen LogP contribution >= 0.6 is 0 Å². The number of rotatable bonds is 12. The minimum absolute atomic E-state index is 0.266. The van der Waals surface area contributed by atoms with Crippen molar-refractivity contribution in [1.29, 1.82) is 0 Å². The van der Waals surface area contributed by atoms with Gasteiger partial charge in [-0.3, -0.25) is 28.8 Å². The van der Waals surface area contributed by atoms with Gasteiger partial charge in [-0.25, -0.2) is 0 Å². The second-order valence-electron chi connectivity index (χ2n) is 21.3. The van der Waals surface area contributed by atoms with Crippen molar-refractivity contribution < 1.29 is 57.2 Å². The number of carbonyl (C=O) groups excluding carboxylic acids is 6. The molecule has 6 unspecified atom stereocenters. The third kappa shape index (κ3) is 11.9. The van der Waals surface area contributed by atoms with Gasteiger partial charge in [-0.1, -0.05) is 106 Å². The highest BCUT2D eigenvalue weighted by Gasteiger charge is 2.37. The summed E-state index contributed by atoms with van der Waals surface area (Å²) in [7, 11) is 0. The van der Waals surface area contributed by atoms with Crippen molar-refractivity contribution in [2.75, 3.05) is 0 Å². The first-order valence-corrected chi connectivity index (χ1v) is 26.5. The lowest BCUT2D eigenvalue weighted by Crippen LogP contribution is -2.41. The summed E-state index contributed by atoms with van der Waals surface area (Å²) in [4.78, 5) is 74.4. The molecule has 0 radical (unpaired) electrons. The topological polar surface area (TPSA) is 158 Å². The fourth-order valence-electron chi connectivity index (χ4n) is 10.0. The summed E-state index contributed by atoms with van der Waals surface area (Å²) < 4.78 is 35.1. The molecule has 74 heavy (non-hydrogen) atoms. The monoisotopic (exact) mass is 1010 g/mol. The number of hydrogen-bond acceptors (Lipinski definition) is 12. The van der Waals surface area contributed by atoms with E-state index in [2.05, 4.69) is 48.5 Å². The summed E-state index contributed by atoms with van der Waals surface area (Å²) in [6.45, 7) is 18.0. The van der Waals surface area contributed by atoms with Crippen molar-refractivity contribution in [3.05, 3.63) is 118 Å². The van der Waals surface area contributed by atoms with Gasteiger partial charge in [-0.05, 0) is 151 Å². The van der Waals surface area contributed by atoms with Gasteiger partial charge in [0.25, 0.3) is 0 Å². The summed E-state index contributed by atoms with van der Waals surface area (Å²) in [6, 6.07) is 29.4. The maximum absolute atomic E-state index is 12.6. The molecule has 9 rings (SSSR count). The Morgan fingerprint density at radius 3 is 0.892 bits per heavy atom. The van der Waals surface area contributed by atoms with E-state index < -0.39 is 36.6 Å². The van der Waals surface area contributed by atoms with Gasteiger partial charge in [0.15, 0.2) is 0 Å². The summed E-state index contributed by atoms with van der Waals surface area (Å²) in [5.74, 6) is -2.68. The molecule has 6 aromatic carbocycles. The van der Waals surface area contributed by atoms with Gasteiger partial charge in [0, 0.05) is 25.7 Å². The van der Waals surface area contributed by atoms with Crippen LogP contribution in [0, 0.1) is 23.7 Å². The van der Waals surface area contributed by atoms with Crippen LogP contribution in [-0.4, -0.2) is 48.0 Å². The van der Waals surface area contributed by atoms with Gasteiger partial charge in [0.2, 0.25) is 0 Å². The van der Waals surface area contributed by atoms with Gasteiger partial charge in [0.1, 0.15) is 36.6 Å². The van der Waals surface area contributed by atoms with E-state index in [0.29, 0.717) is 51.4 Å². The van der Waals surface area contributed by atoms with E-state index in [1.807, 2.05) is 91.8 Å². The van der Waals surface area contributed by atoms with Crippen LogP contribution in [-0.2, 0) is 70.0 Å². The minimum Gasteiger partial charge on any atom is -0.458 e. The van der Waals surface area contributed by atoms with E-state index in [1.54, 1.807) is 13.8 Å². The number of benzene rings is 6. The van der Waals surface area contributed by atoms with E-state index in [9.17, 15) is 28.8 Å². The summed E-state index contributed by atoms with van der Waals surface area (Å²) >= 11 is 0. The van der Waals surface area contributed by atoms with E-state index >= 15 is 0 Å². The molecule has 3 aliphatic carbocycles. The maximum atomic E-state index is 12.6. The molecule has 3 aliphatic rings. The minimum atomic E-state index is -0.446. The SMILES string of the molecule is CC(C)C(=O)OC1CCC(OC(=O)C(C)C)c2cc3cc4cc5c(cc4cc3cc21)C(OC(=O)C(C)C)CCC5OC(=O)C(C)C.CCC(=O)OC1Cc2cc3cc4ccccc4cc3cc2CC1OC(=O)CC. The number of hydrogen-bond donors (Lipinski definition) is 0. The standard InChI is InChI=1S/C38H46O8.C24H24O4/c1-19(2)35(39)43-31-9-10-32(44-36(40)20(3)4)28-16-24-14-26-18-30-29(17-25(26)13-23(24)15-27(28)31)33(45-37(41)21(5)6)11-12-34(30)46-38(42)22(7)8;1-3-23(25)27-21-13-19-11-17-9-15-7-5-6-8-16(15)10-18(17)12-20(19)14-22(21)28-24(26)4-2/h13-22,31-34H,9-12H2,1-8H3;5-12,21-22H,3-4,13-14H2,1-2H3. The fraction of sp³-hybridized carbons (Fsp3) is 0.452. The molecule has 0 heterocycles. The third-order valence-electron chi connectivity index (χ3n) is 14.3. The van der Waals surface area contributed by atoms with Crippen LogP contribution < -0.4 is 0 Å². The number of esters is 6. The highest BCUT2D eigenvalue weighted by Crippen LogP contribution is 2.46. The lowest BCUT2D eigenvalue weighted by molar-refractivity contribution is -0.168. The summed E-state index contributed by atoms with van der Waals surface area (Å²) in [5.41, 5.74) is 5.68. The zero-order valence-electron chi connectivity index (χ0n) is 44.4. The van der Waals surface area contributed by atoms with Gasteiger partial charge >= 0.3 is 35.8 Å². The van der Waals surface area contributed by atoms with Crippen LogP contribution in [0.1, 0.15) is 166 Å². The van der Waals surface area contributed by atoms with Crippen LogP contribution in [0.2, 0.25) is 0 Å². The quantitative estimate of drug-likeness (QED) is 0.0650. The molecule has 0 saturated heterocycles. The second-order valence-corrected chi connectivity index (χ2v) is 21.3. The van der Waals surface area contributed by atoms with Crippen LogP contribution in [0.4, 0.5) is 0 Å². The second kappa shape index (κ2) is 22.7. The van der Waals surface area contributed by atoms with Crippen molar-refractivity contribution in [2.45, 2.75) is 157 Å². The van der Waals surface area contributed by atoms with Crippen molar-refractivity contribution in [1.82, 2.24) is 0 Å². The van der Waals surface area contributed by atoms with Gasteiger partial charge in [-0.15, -0.1) is 0 Å². The summed E-state index contributed by atoms with van der Waals surface area (Å²) in [5, 5.41) is 8.53. The van der Waals surface area contributed by atoms with Crippen LogP contribution in [0.3, 0.4) is 0 Å². The Bertz CT molecular complexity index is 2800. The molecule has 0 bridgehead atoms. The summed E-state index contributed by atoms with van der Waals surface area (Å²) in [6.07, 6.45) is 1.28. The molecule has 6 aromatic rings. The maximum Gasteiger partial charge on any atom is 0.308 e. The normalized spacial score (nSPS) is 20.1. The van der Waals surface area contributed by atoms with Gasteiger partial charge < -0.3 is 28.4 Å². The molecular weight excluding hydrogens is 937 g/mol. The first kappa shape index (κ1) is 53.5. The lowest BCUT2D eigenvalue weighted by atomic mass is 9.83. The molecule has 0 aliphatic heterocycles. The third-order valence-corrected chi connectivity index (χ3v) is 14.3. The zero-order valence-corrected chi connectivity index (χ0v) is 44.4. The number of ether oxygens (including phenoxy) is 6. The van der Waals surface area contributed by atoms with E-state index in [0.717, 1.165) is 54.9 Å². The Labute approximate surface area is 433 Å². The van der Waals surface area contributed by atoms with Crippen molar-refractivity contribution in [3.63, 3.8) is 0 Å². The zero-order chi connectivity index (χ0) is 53.1. The predicted molar refractivity (Wildman–Crippen MR) is 284 cm³/mol. The average molecular weight is 1010 g/mol. The molecule has 0 N–H and O–H groups in total. The van der Waals surface area contributed by atoms with Crippen molar-refractivity contribution in [3.8, 4) is 0 Å². The molecule has 12 heteroatoms. The first-order valence-electron chi connectivity index (χ1n) is 26.5. The van der Waals surface area contributed by atoms with Crippen molar-refractivity contribution in [2.24, 2.45) is 23.7 Å². The van der Waals surface area contributed by atoms with Gasteiger partial charge in [-0.2, -0.15) is 0 Å². The first-order chi connectivity index (χ1) is 35.3. The molecule has 0 spiro atoms. The molecule has 0 aromatic heterocycles. The molecule has 0 fully saturated rings. The molecule has 0 amide bonds. The Morgan fingerprint density at radius 1 is 0.378 bits per heavy atom. The van der Waals surface area contributed by atoms with Crippen molar-refractivity contribution >= 4 is 78.9 Å². The Morgan fingerprint density at radius 2 is 0.635 bits per heavy atom. The van der Waals surface area contributed by atoms with Gasteiger partial charge in [0.05, 0.1) is 23.7 Å². The predicted octanol–water partition coefficient (Wildman–Crippen LogP) is 13.3. The molecular formula is C62H70O12. The van der Waals surface area contributed by atoms with Crippen LogP contribution in [0.5, 0.6) is 0 Å². The Kier molecular flexibility index (Phi) is 16.4. The molecule has 12 nitrogen and oxygen atoms in total.